The Morgan fingerprint density at radius 1 is 1.17 bits per heavy atom. The normalized spacial score (nSPS) is 15.6. The number of pyridine rings is 1. The molecule has 3 aromatic rings. The van der Waals surface area contributed by atoms with E-state index in [9.17, 15) is 9.59 Å². The van der Waals surface area contributed by atoms with Gasteiger partial charge in [0.05, 0.1) is 6.61 Å². The van der Waals surface area contributed by atoms with E-state index in [0.29, 0.717) is 30.9 Å². The molecule has 5 heteroatoms. The van der Waals surface area contributed by atoms with Gasteiger partial charge < -0.3 is 14.6 Å². The molecule has 148 valence electrons. The molecule has 1 fully saturated rings. The van der Waals surface area contributed by atoms with Crippen molar-refractivity contribution in [2.24, 2.45) is 5.92 Å². The van der Waals surface area contributed by atoms with Crippen molar-refractivity contribution in [3.05, 3.63) is 58.5 Å². The summed E-state index contributed by atoms with van der Waals surface area (Å²) < 4.78 is 6.25. The van der Waals surface area contributed by atoms with Crippen LogP contribution in [0.1, 0.15) is 31.7 Å². The number of aromatic nitrogens is 1. The summed E-state index contributed by atoms with van der Waals surface area (Å²) in [5.74, 6) is 1.60. The maximum atomic E-state index is 12.4. The van der Waals surface area contributed by atoms with Gasteiger partial charge in [0.2, 0.25) is 5.91 Å². The Bertz CT molecular complexity index is 1160. The van der Waals surface area contributed by atoms with Gasteiger partial charge in [-0.3, -0.25) is 9.59 Å². The summed E-state index contributed by atoms with van der Waals surface area (Å²) in [6.45, 7) is 3.31. The molecule has 2 aliphatic rings. The zero-order chi connectivity index (χ0) is 20.0. The molecule has 1 aliphatic heterocycles. The molecule has 1 aliphatic carbocycles. The van der Waals surface area contributed by atoms with Gasteiger partial charge in [-0.05, 0) is 54.3 Å². The van der Waals surface area contributed by atoms with Crippen molar-refractivity contribution in [1.29, 1.82) is 0 Å². The number of carbonyl (C=O) groups excluding carboxylic acids is 1. The molecule has 29 heavy (non-hydrogen) atoms. The number of nitrogens with zero attached hydrogens (tertiary/aromatic N) is 1. The Morgan fingerprint density at radius 3 is 2.72 bits per heavy atom. The van der Waals surface area contributed by atoms with E-state index in [1.165, 1.54) is 12.8 Å². The van der Waals surface area contributed by atoms with Crippen molar-refractivity contribution in [2.75, 3.05) is 18.1 Å². The van der Waals surface area contributed by atoms with Crippen LogP contribution in [0.25, 0.3) is 21.9 Å². The van der Waals surface area contributed by atoms with Crippen LogP contribution in [0.4, 0.5) is 5.69 Å². The van der Waals surface area contributed by atoms with Crippen molar-refractivity contribution >= 4 is 22.4 Å². The van der Waals surface area contributed by atoms with E-state index in [4.69, 9.17) is 4.74 Å². The Morgan fingerprint density at radius 2 is 1.97 bits per heavy atom. The molecule has 5 nitrogen and oxygen atoms in total. The van der Waals surface area contributed by atoms with Crippen molar-refractivity contribution in [3.63, 3.8) is 0 Å². The lowest BCUT2D eigenvalue weighted by Crippen LogP contribution is -2.27. The van der Waals surface area contributed by atoms with Gasteiger partial charge in [0.25, 0.3) is 5.56 Å². The molecular weight excluding hydrogens is 364 g/mol. The second-order valence-electron chi connectivity index (χ2n) is 7.96. The minimum Gasteiger partial charge on any atom is -0.493 e. The first-order valence-corrected chi connectivity index (χ1v) is 10.4. The van der Waals surface area contributed by atoms with E-state index >= 15 is 0 Å². The van der Waals surface area contributed by atoms with Gasteiger partial charge in [0.1, 0.15) is 5.75 Å². The number of ether oxygens (including phenoxy) is 1. The molecule has 0 atom stereocenters. The fraction of sp³-hybridized carbons (Fsp3) is 0.333. The lowest BCUT2D eigenvalue weighted by molar-refractivity contribution is -0.118. The molecule has 2 heterocycles. The second kappa shape index (κ2) is 7.07. The molecule has 0 saturated heterocycles. The Labute approximate surface area is 169 Å². The summed E-state index contributed by atoms with van der Waals surface area (Å²) in [5, 5.41) is 1.54. The van der Waals surface area contributed by atoms with Gasteiger partial charge in [-0.15, -0.1) is 0 Å². The molecule has 0 spiro atoms. The predicted octanol–water partition coefficient (Wildman–Crippen LogP) is 4.28. The molecule has 0 unspecified atom stereocenters. The minimum atomic E-state index is -0.103. The number of hydrogen-bond acceptors (Lipinski definition) is 3. The van der Waals surface area contributed by atoms with Crippen LogP contribution < -0.4 is 15.2 Å². The van der Waals surface area contributed by atoms with E-state index in [2.05, 4.69) is 17.1 Å². The summed E-state index contributed by atoms with van der Waals surface area (Å²) in [4.78, 5) is 29.5. The number of anilines is 1. The molecule has 0 bridgehead atoms. The number of H-pyrrole nitrogens is 1. The van der Waals surface area contributed by atoms with E-state index in [1.54, 1.807) is 6.20 Å². The predicted molar refractivity (Wildman–Crippen MR) is 115 cm³/mol. The van der Waals surface area contributed by atoms with Crippen LogP contribution in [-0.2, 0) is 11.2 Å². The molecule has 5 rings (SSSR count). The fourth-order valence-corrected chi connectivity index (χ4v) is 4.12. The highest BCUT2D eigenvalue weighted by molar-refractivity contribution is 6.00. The zero-order valence-corrected chi connectivity index (χ0v) is 16.5. The van der Waals surface area contributed by atoms with E-state index in [0.717, 1.165) is 39.9 Å². The number of aromatic amines is 1. The first-order valence-electron chi connectivity index (χ1n) is 10.4. The number of hydrogen-bond donors (Lipinski definition) is 1. The number of nitrogens with one attached hydrogen (secondary N) is 1. The molecule has 1 N–H and O–H groups in total. The van der Waals surface area contributed by atoms with Crippen LogP contribution in [0.5, 0.6) is 5.75 Å². The SMILES string of the molecule is CCC(=O)N1CCc2cc(OCC3CC3)c(-c3c[nH]c(=O)c4ccccc34)cc21. The van der Waals surface area contributed by atoms with Crippen molar-refractivity contribution in [3.8, 4) is 16.9 Å². The Balaban J connectivity index is 1.69. The van der Waals surface area contributed by atoms with Crippen LogP contribution in [0.3, 0.4) is 0 Å². The maximum absolute atomic E-state index is 12.4. The largest absolute Gasteiger partial charge is 0.493 e. The lowest BCUT2D eigenvalue weighted by Gasteiger charge is -2.20. The summed E-state index contributed by atoms with van der Waals surface area (Å²) in [7, 11) is 0. The highest BCUT2D eigenvalue weighted by Crippen LogP contribution is 2.42. The second-order valence-corrected chi connectivity index (χ2v) is 7.96. The standard InChI is InChI=1S/C24H24N2O3/c1-2-23(27)26-10-9-16-11-22(29-14-15-7-8-15)19(12-21(16)26)20-13-25-24(28)18-6-4-3-5-17(18)20/h3-6,11-13,15H,2,7-10,14H2,1H3,(H,25,28). The molecular formula is C24H24N2O3. The first-order chi connectivity index (χ1) is 14.2. The van der Waals surface area contributed by atoms with Crippen molar-refractivity contribution in [2.45, 2.75) is 32.6 Å². The van der Waals surface area contributed by atoms with Gasteiger partial charge in [0.15, 0.2) is 0 Å². The third-order valence-corrected chi connectivity index (χ3v) is 5.95. The molecule has 0 radical (unpaired) electrons. The third kappa shape index (κ3) is 3.20. The van der Waals surface area contributed by atoms with Gasteiger partial charge in [-0.1, -0.05) is 25.1 Å². The molecule has 1 aromatic heterocycles. The highest BCUT2D eigenvalue weighted by Gasteiger charge is 2.28. The van der Waals surface area contributed by atoms with Crippen LogP contribution in [0.2, 0.25) is 0 Å². The monoisotopic (exact) mass is 388 g/mol. The van der Waals surface area contributed by atoms with E-state index in [-0.39, 0.29) is 11.5 Å². The summed E-state index contributed by atoms with van der Waals surface area (Å²) >= 11 is 0. The Kier molecular flexibility index (Phi) is 4.38. The Hall–Kier alpha value is -3.08. The number of rotatable bonds is 5. The van der Waals surface area contributed by atoms with Crippen molar-refractivity contribution < 1.29 is 9.53 Å². The third-order valence-electron chi connectivity index (χ3n) is 5.95. The van der Waals surface area contributed by atoms with E-state index < -0.39 is 0 Å². The minimum absolute atomic E-state index is 0.103. The van der Waals surface area contributed by atoms with E-state index in [1.807, 2.05) is 36.1 Å². The maximum Gasteiger partial charge on any atom is 0.255 e. The average Bonchev–Trinajstić information content (AvgIpc) is 3.49. The molecule has 2 aromatic carbocycles. The van der Waals surface area contributed by atoms with Crippen LogP contribution in [0, 0.1) is 5.92 Å². The quantitative estimate of drug-likeness (QED) is 0.709. The van der Waals surface area contributed by atoms with Crippen LogP contribution in [0.15, 0.2) is 47.4 Å². The summed E-state index contributed by atoms with van der Waals surface area (Å²) in [6.07, 6.45) is 5.53. The van der Waals surface area contributed by atoms with Gasteiger partial charge in [0, 0.05) is 41.4 Å². The smallest absolute Gasteiger partial charge is 0.255 e. The summed E-state index contributed by atoms with van der Waals surface area (Å²) in [6, 6.07) is 11.8. The van der Waals surface area contributed by atoms with Gasteiger partial charge in [-0.2, -0.15) is 0 Å². The number of benzene rings is 2. The van der Waals surface area contributed by atoms with Gasteiger partial charge >= 0.3 is 0 Å². The lowest BCUT2D eigenvalue weighted by atomic mass is 9.97. The van der Waals surface area contributed by atoms with Crippen LogP contribution >= 0.6 is 0 Å². The van der Waals surface area contributed by atoms with Crippen molar-refractivity contribution in [1.82, 2.24) is 4.98 Å². The molecule has 1 amide bonds. The highest BCUT2D eigenvalue weighted by atomic mass is 16.5. The fourth-order valence-electron chi connectivity index (χ4n) is 4.12. The number of carbonyl (C=O) groups is 1. The first kappa shape index (κ1) is 18.0. The topological polar surface area (TPSA) is 62.4 Å². The zero-order valence-electron chi connectivity index (χ0n) is 16.5. The number of amides is 1. The summed E-state index contributed by atoms with van der Waals surface area (Å²) in [5.41, 5.74) is 3.85. The number of fused-ring (bicyclic) bond motifs is 2. The average molecular weight is 388 g/mol. The van der Waals surface area contributed by atoms with Crippen LogP contribution in [-0.4, -0.2) is 24.0 Å². The van der Waals surface area contributed by atoms with Gasteiger partial charge in [-0.25, -0.2) is 0 Å². The molecule has 1 saturated carbocycles.